The van der Waals surface area contributed by atoms with Crippen molar-refractivity contribution in [1.29, 1.82) is 0 Å². The van der Waals surface area contributed by atoms with Crippen LogP contribution in [0, 0.1) is 11.8 Å². The summed E-state index contributed by atoms with van der Waals surface area (Å²) in [7, 11) is 0. The van der Waals surface area contributed by atoms with Crippen molar-refractivity contribution >= 4 is 0 Å². The number of aryl methyl sites for hydroxylation is 1. The fourth-order valence-corrected chi connectivity index (χ4v) is 1.77. The third kappa shape index (κ3) is 6.47. The Bertz CT molecular complexity index is 274. The monoisotopic (exact) mass is 237 g/mol. The van der Waals surface area contributed by atoms with Crippen molar-refractivity contribution in [3.05, 3.63) is 18.0 Å². The highest BCUT2D eigenvalue weighted by molar-refractivity contribution is 4.98. The van der Waals surface area contributed by atoms with Crippen molar-refractivity contribution in [3.8, 4) is 0 Å². The summed E-state index contributed by atoms with van der Waals surface area (Å²) in [6.45, 7) is 12.0. The van der Waals surface area contributed by atoms with E-state index in [1.807, 2.05) is 0 Å². The van der Waals surface area contributed by atoms with Crippen LogP contribution >= 0.6 is 0 Å². The summed E-state index contributed by atoms with van der Waals surface area (Å²) < 4.78 is 2.06. The van der Waals surface area contributed by atoms with Gasteiger partial charge in [0.1, 0.15) is 0 Å². The van der Waals surface area contributed by atoms with Gasteiger partial charge in [-0.2, -0.15) is 5.10 Å². The summed E-state index contributed by atoms with van der Waals surface area (Å²) in [5, 5.41) is 7.97. The van der Waals surface area contributed by atoms with Crippen molar-refractivity contribution < 1.29 is 0 Å². The minimum absolute atomic E-state index is 0.697. The Kier molecular flexibility index (Phi) is 6.27. The Morgan fingerprint density at radius 3 is 2.65 bits per heavy atom. The third-order valence-electron chi connectivity index (χ3n) is 2.72. The maximum atomic E-state index is 4.56. The fourth-order valence-electron chi connectivity index (χ4n) is 1.77. The summed E-state index contributed by atoms with van der Waals surface area (Å²) >= 11 is 0. The van der Waals surface area contributed by atoms with Crippen LogP contribution in [0.2, 0.25) is 0 Å². The first-order chi connectivity index (χ1) is 8.08. The lowest BCUT2D eigenvalue weighted by Crippen LogP contribution is -2.19. The van der Waals surface area contributed by atoms with Crippen LogP contribution in [0.3, 0.4) is 0 Å². The standard InChI is InChI=1S/C14H27N3/c1-12(2)6-5-8-17-9-7-14(16-17)11-15-10-13(3)4/h7,9,12-13,15H,5-6,8,10-11H2,1-4H3. The van der Waals surface area contributed by atoms with Crippen molar-refractivity contribution in [3.63, 3.8) is 0 Å². The largest absolute Gasteiger partial charge is 0.311 e. The average molecular weight is 237 g/mol. The molecule has 1 N–H and O–H groups in total. The highest BCUT2D eigenvalue weighted by atomic mass is 15.3. The maximum absolute atomic E-state index is 4.56. The molecular weight excluding hydrogens is 210 g/mol. The molecule has 0 saturated carbocycles. The lowest BCUT2D eigenvalue weighted by Gasteiger charge is -2.06. The molecule has 1 heterocycles. The van der Waals surface area contributed by atoms with Crippen LogP contribution in [0.25, 0.3) is 0 Å². The smallest absolute Gasteiger partial charge is 0.0762 e. The molecule has 0 aliphatic rings. The SMILES string of the molecule is CC(C)CCCn1ccc(CNCC(C)C)n1. The molecule has 0 fully saturated rings. The molecule has 0 spiro atoms. The molecule has 1 aromatic rings. The minimum atomic E-state index is 0.697. The predicted molar refractivity (Wildman–Crippen MR) is 72.8 cm³/mol. The predicted octanol–water partition coefficient (Wildman–Crippen LogP) is 3.06. The van der Waals surface area contributed by atoms with Crippen molar-refractivity contribution in [1.82, 2.24) is 15.1 Å². The van der Waals surface area contributed by atoms with E-state index < -0.39 is 0 Å². The van der Waals surface area contributed by atoms with Gasteiger partial charge in [-0.25, -0.2) is 0 Å². The lowest BCUT2D eigenvalue weighted by molar-refractivity contribution is 0.484. The molecule has 1 rings (SSSR count). The Morgan fingerprint density at radius 1 is 1.24 bits per heavy atom. The molecule has 1 aromatic heterocycles. The zero-order chi connectivity index (χ0) is 12.7. The van der Waals surface area contributed by atoms with E-state index in [9.17, 15) is 0 Å². The lowest BCUT2D eigenvalue weighted by atomic mass is 10.1. The van der Waals surface area contributed by atoms with Gasteiger partial charge >= 0.3 is 0 Å². The van der Waals surface area contributed by atoms with Gasteiger partial charge in [-0.3, -0.25) is 4.68 Å². The van der Waals surface area contributed by atoms with Crippen LogP contribution in [-0.4, -0.2) is 16.3 Å². The zero-order valence-corrected chi connectivity index (χ0v) is 11.7. The molecule has 0 aliphatic heterocycles. The molecule has 0 bridgehead atoms. The van der Waals surface area contributed by atoms with Gasteiger partial charge in [0.15, 0.2) is 0 Å². The van der Waals surface area contributed by atoms with E-state index in [-0.39, 0.29) is 0 Å². The first-order valence-corrected chi connectivity index (χ1v) is 6.81. The van der Waals surface area contributed by atoms with E-state index in [2.05, 4.69) is 55.1 Å². The summed E-state index contributed by atoms with van der Waals surface area (Å²) in [5.41, 5.74) is 1.15. The summed E-state index contributed by atoms with van der Waals surface area (Å²) in [6, 6.07) is 2.11. The number of hydrogen-bond donors (Lipinski definition) is 1. The van der Waals surface area contributed by atoms with Crippen LogP contribution in [0.4, 0.5) is 0 Å². The molecule has 3 heteroatoms. The molecule has 0 radical (unpaired) electrons. The van der Waals surface area contributed by atoms with Crippen LogP contribution in [0.5, 0.6) is 0 Å². The van der Waals surface area contributed by atoms with Gasteiger partial charge in [0, 0.05) is 19.3 Å². The van der Waals surface area contributed by atoms with Crippen LogP contribution in [0.15, 0.2) is 12.3 Å². The average Bonchev–Trinajstić information content (AvgIpc) is 2.65. The summed E-state index contributed by atoms with van der Waals surface area (Å²) in [6.07, 6.45) is 4.59. The zero-order valence-electron chi connectivity index (χ0n) is 11.7. The second-order valence-corrected chi connectivity index (χ2v) is 5.63. The molecule has 98 valence electrons. The Labute approximate surface area is 106 Å². The normalized spacial score (nSPS) is 11.6. The quantitative estimate of drug-likeness (QED) is 0.753. The first kappa shape index (κ1) is 14.2. The molecule has 0 amide bonds. The van der Waals surface area contributed by atoms with Gasteiger partial charge in [0.25, 0.3) is 0 Å². The number of aromatic nitrogens is 2. The molecule has 0 unspecified atom stereocenters. The summed E-state index contributed by atoms with van der Waals surface area (Å²) in [5.74, 6) is 1.49. The Balaban J connectivity index is 2.23. The highest BCUT2D eigenvalue weighted by Gasteiger charge is 2.00. The number of nitrogens with one attached hydrogen (secondary N) is 1. The van der Waals surface area contributed by atoms with Crippen LogP contribution in [0.1, 0.15) is 46.2 Å². The van der Waals surface area contributed by atoms with Crippen LogP contribution < -0.4 is 5.32 Å². The number of hydrogen-bond acceptors (Lipinski definition) is 2. The minimum Gasteiger partial charge on any atom is -0.311 e. The molecule has 0 aromatic carbocycles. The second-order valence-electron chi connectivity index (χ2n) is 5.63. The fraction of sp³-hybridized carbons (Fsp3) is 0.786. The molecular formula is C14H27N3. The van der Waals surface area contributed by atoms with Gasteiger partial charge in [-0.05, 0) is 37.3 Å². The van der Waals surface area contributed by atoms with Gasteiger partial charge in [0.05, 0.1) is 5.69 Å². The van der Waals surface area contributed by atoms with Gasteiger partial charge < -0.3 is 5.32 Å². The van der Waals surface area contributed by atoms with Gasteiger partial charge in [-0.15, -0.1) is 0 Å². The van der Waals surface area contributed by atoms with Crippen LogP contribution in [-0.2, 0) is 13.1 Å². The van der Waals surface area contributed by atoms with Gasteiger partial charge in [-0.1, -0.05) is 27.7 Å². The van der Waals surface area contributed by atoms with E-state index in [4.69, 9.17) is 0 Å². The van der Waals surface area contributed by atoms with Crippen molar-refractivity contribution in [2.45, 2.75) is 53.6 Å². The molecule has 0 saturated heterocycles. The van der Waals surface area contributed by atoms with E-state index in [1.165, 1.54) is 12.8 Å². The Hall–Kier alpha value is -0.830. The highest BCUT2D eigenvalue weighted by Crippen LogP contribution is 2.05. The van der Waals surface area contributed by atoms with E-state index in [0.717, 1.165) is 31.2 Å². The van der Waals surface area contributed by atoms with Crippen molar-refractivity contribution in [2.24, 2.45) is 11.8 Å². The maximum Gasteiger partial charge on any atom is 0.0762 e. The topological polar surface area (TPSA) is 29.9 Å². The molecule has 0 atom stereocenters. The van der Waals surface area contributed by atoms with Gasteiger partial charge in [0.2, 0.25) is 0 Å². The number of rotatable bonds is 8. The van der Waals surface area contributed by atoms with E-state index >= 15 is 0 Å². The Morgan fingerprint density at radius 2 is 2.00 bits per heavy atom. The van der Waals surface area contributed by atoms with E-state index in [1.54, 1.807) is 0 Å². The second kappa shape index (κ2) is 7.49. The van der Waals surface area contributed by atoms with E-state index in [0.29, 0.717) is 5.92 Å². The molecule has 3 nitrogen and oxygen atoms in total. The number of nitrogens with zero attached hydrogens (tertiary/aromatic N) is 2. The first-order valence-electron chi connectivity index (χ1n) is 6.81. The molecule has 0 aliphatic carbocycles. The summed E-state index contributed by atoms with van der Waals surface area (Å²) in [4.78, 5) is 0. The third-order valence-corrected chi connectivity index (χ3v) is 2.72. The molecule has 17 heavy (non-hydrogen) atoms. The van der Waals surface area contributed by atoms with Crippen molar-refractivity contribution in [2.75, 3.05) is 6.54 Å².